The predicted octanol–water partition coefficient (Wildman–Crippen LogP) is 4.00. The fourth-order valence-electron chi connectivity index (χ4n) is 2.82. The quantitative estimate of drug-likeness (QED) is 0.772. The third kappa shape index (κ3) is 4.03. The van der Waals surface area contributed by atoms with Crippen molar-refractivity contribution in [1.82, 2.24) is 9.99 Å². The van der Waals surface area contributed by atoms with Crippen LogP contribution in [0.2, 0.25) is 5.02 Å². The second-order valence-corrected chi connectivity index (χ2v) is 6.98. The van der Waals surface area contributed by atoms with Gasteiger partial charge in [0.25, 0.3) is 5.91 Å². The van der Waals surface area contributed by atoms with Gasteiger partial charge in [0.05, 0.1) is 19.3 Å². The molecule has 3 rings (SSSR count). The van der Waals surface area contributed by atoms with Crippen LogP contribution in [0.1, 0.15) is 31.9 Å². The topological polar surface area (TPSA) is 64.0 Å². The largest absolute Gasteiger partial charge is 0.493 e. The Hall–Kier alpha value is -2.67. The Morgan fingerprint density at radius 1 is 1.30 bits per heavy atom. The molecule has 27 heavy (non-hydrogen) atoms. The van der Waals surface area contributed by atoms with Gasteiger partial charge in [0.2, 0.25) is 0 Å². The van der Waals surface area contributed by atoms with Crippen LogP contribution in [0.3, 0.4) is 0 Å². The van der Waals surface area contributed by atoms with Gasteiger partial charge in [-0.2, -0.15) is 5.10 Å². The Bertz CT molecular complexity index is 888. The first-order chi connectivity index (χ1) is 12.8. The number of hydrogen-bond donors (Lipinski definition) is 0. The summed E-state index contributed by atoms with van der Waals surface area (Å²) in [5.41, 5.74) is -0.678. The molecule has 1 aromatic carbocycles. The first kappa shape index (κ1) is 19.1. The van der Waals surface area contributed by atoms with E-state index in [2.05, 4.69) is 10.1 Å². The Morgan fingerprint density at radius 2 is 2.07 bits per heavy atom. The van der Waals surface area contributed by atoms with Crippen molar-refractivity contribution in [3.8, 4) is 11.5 Å². The molecule has 1 aliphatic heterocycles. The molecular formula is C19H19ClFN3O3. The van der Waals surface area contributed by atoms with Crippen LogP contribution in [-0.4, -0.2) is 34.8 Å². The standard InChI is InChI=1S/C19H19ClFN3O3/c1-19(2,27-16-5-4-13(20)9-17(16)26-3)18(25)24-15(6-7-23-24)12-8-14(21)11-22-10-12/h4-5,7-11,15H,6H2,1-3H3. The Morgan fingerprint density at radius 3 is 2.78 bits per heavy atom. The first-order valence-electron chi connectivity index (χ1n) is 8.31. The van der Waals surface area contributed by atoms with Gasteiger partial charge in [-0.15, -0.1) is 0 Å². The van der Waals surface area contributed by atoms with Crippen molar-refractivity contribution in [2.24, 2.45) is 5.10 Å². The molecule has 1 aliphatic rings. The zero-order chi connectivity index (χ0) is 19.6. The van der Waals surface area contributed by atoms with E-state index >= 15 is 0 Å². The number of hydrogen-bond acceptors (Lipinski definition) is 5. The molecule has 1 amide bonds. The summed E-state index contributed by atoms with van der Waals surface area (Å²) < 4.78 is 24.7. The van der Waals surface area contributed by atoms with Gasteiger partial charge in [0.1, 0.15) is 5.82 Å². The minimum absolute atomic E-state index is 0.373. The number of amides is 1. The molecule has 8 heteroatoms. The molecule has 2 heterocycles. The summed E-state index contributed by atoms with van der Waals surface area (Å²) >= 11 is 5.97. The van der Waals surface area contributed by atoms with Gasteiger partial charge >= 0.3 is 0 Å². The number of halogens is 2. The van der Waals surface area contributed by atoms with Crippen molar-refractivity contribution in [3.05, 3.63) is 53.1 Å². The number of carbonyl (C=O) groups excluding carboxylic acids is 1. The van der Waals surface area contributed by atoms with E-state index in [-0.39, 0.29) is 5.91 Å². The maximum absolute atomic E-state index is 13.5. The fraction of sp³-hybridized carbons (Fsp3) is 0.316. The van der Waals surface area contributed by atoms with Crippen LogP contribution in [0.15, 0.2) is 41.8 Å². The number of hydrazone groups is 1. The molecule has 0 spiro atoms. The highest BCUT2D eigenvalue weighted by molar-refractivity contribution is 6.30. The van der Waals surface area contributed by atoms with Crippen LogP contribution in [-0.2, 0) is 4.79 Å². The Labute approximate surface area is 161 Å². The minimum atomic E-state index is -1.25. The SMILES string of the molecule is COc1cc(Cl)ccc1OC(C)(C)C(=O)N1N=CCC1c1cncc(F)c1. The second-order valence-electron chi connectivity index (χ2n) is 6.54. The maximum atomic E-state index is 13.5. The molecule has 0 bridgehead atoms. The highest BCUT2D eigenvalue weighted by Crippen LogP contribution is 2.35. The molecule has 0 saturated carbocycles. The molecule has 1 atom stereocenters. The summed E-state index contributed by atoms with van der Waals surface area (Å²) in [7, 11) is 1.49. The third-order valence-corrected chi connectivity index (χ3v) is 4.39. The monoisotopic (exact) mass is 391 g/mol. The smallest absolute Gasteiger partial charge is 0.286 e. The molecule has 0 radical (unpaired) electrons. The van der Waals surface area contributed by atoms with Crippen molar-refractivity contribution < 1.29 is 18.7 Å². The van der Waals surface area contributed by atoms with Crippen LogP contribution in [0, 0.1) is 5.82 Å². The molecule has 0 N–H and O–H groups in total. The van der Waals surface area contributed by atoms with E-state index < -0.39 is 17.5 Å². The van der Waals surface area contributed by atoms with Gasteiger partial charge in [-0.3, -0.25) is 9.78 Å². The molecule has 0 saturated heterocycles. The lowest BCUT2D eigenvalue weighted by Crippen LogP contribution is -2.47. The van der Waals surface area contributed by atoms with Gasteiger partial charge in [-0.25, -0.2) is 9.40 Å². The Balaban J connectivity index is 1.84. The van der Waals surface area contributed by atoms with E-state index in [1.54, 1.807) is 38.3 Å². The van der Waals surface area contributed by atoms with E-state index in [0.717, 1.165) is 6.20 Å². The lowest BCUT2D eigenvalue weighted by atomic mass is 10.0. The first-order valence-corrected chi connectivity index (χ1v) is 8.68. The van der Waals surface area contributed by atoms with E-state index in [0.29, 0.717) is 28.5 Å². The number of rotatable bonds is 5. The molecule has 1 unspecified atom stereocenters. The molecule has 2 aromatic rings. The van der Waals surface area contributed by atoms with Crippen LogP contribution in [0.4, 0.5) is 4.39 Å². The summed E-state index contributed by atoms with van der Waals surface area (Å²) in [4.78, 5) is 17.0. The lowest BCUT2D eigenvalue weighted by molar-refractivity contribution is -0.147. The maximum Gasteiger partial charge on any atom is 0.286 e. The molecular weight excluding hydrogens is 373 g/mol. The van der Waals surface area contributed by atoms with Crippen molar-refractivity contribution >= 4 is 23.7 Å². The molecule has 0 fully saturated rings. The van der Waals surface area contributed by atoms with Crippen LogP contribution in [0.5, 0.6) is 11.5 Å². The fourth-order valence-corrected chi connectivity index (χ4v) is 2.98. The van der Waals surface area contributed by atoms with E-state index in [1.807, 2.05) is 0 Å². The summed E-state index contributed by atoms with van der Waals surface area (Å²) in [6.45, 7) is 3.27. The van der Waals surface area contributed by atoms with Gasteiger partial charge < -0.3 is 9.47 Å². The van der Waals surface area contributed by atoms with Crippen molar-refractivity contribution in [2.75, 3.05) is 7.11 Å². The molecule has 6 nitrogen and oxygen atoms in total. The number of methoxy groups -OCH3 is 1. The molecule has 142 valence electrons. The van der Waals surface area contributed by atoms with Gasteiger partial charge in [-0.1, -0.05) is 11.6 Å². The highest BCUT2D eigenvalue weighted by atomic mass is 35.5. The molecule has 1 aromatic heterocycles. The summed E-state index contributed by atoms with van der Waals surface area (Å²) in [6.07, 6.45) is 4.73. The van der Waals surface area contributed by atoms with Crippen LogP contribution in [0.25, 0.3) is 0 Å². The summed E-state index contributed by atoms with van der Waals surface area (Å²) in [5, 5.41) is 5.96. The lowest BCUT2D eigenvalue weighted by Gasteiger charge is -2.31. The van der Waals surface area contributed by atoms with Crippen molar-refractivity contribution in [3.63, 3.8) is 0 Å². The second kappa shape index (κ2) is 7.52. The third-order valence-electron chi connectivity index (χ3n) is 4.15. The predicted molar refractivity (Wildman–Crippen MR) is 99.6 cm³/mol. The van der Waals surface area contributed by atoms with E-state index in [9.17, 15) is 9.18 Å². The zero-order valence-corrected chi connectivity index (χ0v) is 15.9. The number of aromatic nitrogens is 1. The zero-order valence-electron chi connectivity index (χ0n) is 15.1. The van der Waals surface area contributed by atoms with E-state index in [1.165, 1.54) is 24.4 Å². The Kier molecular flexibility index (Phi) is 5.32. The average molecular weight is 392 g/mol. The average Bonchev–Trinajstić information content (AvgIpc) is 3.12. The van der Waals surface area contributed by atoms with Crippen molar-refractivity contribution in [1.29, 1.82) is 0 Å². The van der Waals surface area contributed by atoms with Gasteiger partial charge in [0.15, 0.2) is 17.1 Å². The summed E-state index contributed by atoms with van der Waals surface area (Å²) in [5.74, 6) is -0.0395. The van der Waals surface area contributed by atoms with E-state index in [4.69, 9.17) is 21.1 Å². The summed E-state index contributed by atoms with van der Waals surface area (Å²) in [6, 6.07) is 5.80. The number of benzene rings is 1. The molecule has 0 aliphatic carbocycles. The number of carbonyl (C=O) groups is 1. The number of ether oxygens (including phenoxy) is 2. The van der Waals surface area contributed by atoms with Crippen LogP contribution >= 0.6 is 11.6 Å². The normalized spacial score (nSPS) is 16.5. The van der Waals surface area contributed by atoms with Crippen LogP contribution < -0.4 is 9.47 Å². The number of nitrogens with zero attached hydrogens (tertiary/aromatic N) is 3. The van der Waals surface area contributed by atoms with Crippen molar-refractivity contribution in [2.45, 2.75) is 31.9 Å². The highest BCUT2D eigenvalue weighted by Gasteiger charge is 2.40. The van der Waals surface area contributed by atoms with Gasteiger partial charge in [0, 0.05) is 29.9 Å². The minimum Gasteiger partial charge on any atom is -0.493 e. The van der Waals surface area contributed by atoms with Gasteiger partial charge in [-0.05, 0) is 37.6 Å². The number of pyridine rings is 1.